The van der Waals surface area contributed by atoms with Crippen LogP contribution in [0.5, 0.6) is 11.6 Å². The minimum absolute atomic E-state index is 0.0242. The number of benzene rings is 1. The molecule has 0 spiro atoms. The van der Waals surface area contributed by atoms with E-state index in [0.717, 1.165) is 6.42 Å². The van der Waals surface area contributed by atoms with Crippen molar-refractivity contribution in [2.24, 2.45) is 0 Å². The first-order valence-corrected chi connectivity index (χ1v) is 7.89. The van der Waals surface area contributed by atoms with Crippen molar-refractivity contribution in [1.82, 2.24) is 4.98 Å². The third-order valence-corrected chi connectivity index (χ3v) is 3.82. The molecule has 0 saturated carbocycles. The Bertz CT molecular complexity index is 732. The summed E-state index contributed by atoms with van der Waals surface area (Å²) in [6, 6.07) is 8.24. The number of ether oxygens (including phenoxy) is 3. The van der Waals surface area contributed by atoms with Gasteiger partial charge < -0.3 is 19.5 Å². The summed E-state index contributed by atoms with van der Waals surface area (Å²) in [5.74, 6) is 0.628. The predicted molar refractivity (Wildman–Crippen MR) is 90.0 cm³/mol. The summed E-state index contributed by atoms with van der Waals surface area (Å²) in [4.78, 5) is 16.6. The van der Waals surface area contributed by atoms with E-state index in [1.54, 1.807) is 30.3 Å². The molecule has 0 aliphatic carbocycles. The molecular weight excluding hydrogens is 332 g/mol. The third kappa shape index (κ3) is 3.96. The van der Waals surface area contributed by atoms with Gasteiger partial charge in [-0.05, 0) is 24.3 Å². The summed E-state index contributed by atoms with van der Waals surface area (Å²) in [5, 5.41) is 3.29. The molecule has 1 aliphatic rings. The van der Waals surface area contributed by atoms with Gasteiger partial charge in [0.1, 0.15) is 11.9 Å². The molecule has 1 fully saturated rings. The molecular formula is C17H17ClN2O4. The Morgan fingerprint density at radius 1 is 1.38 bits per heavy atom. The highest BCUT2D eigenvalue weighted by Gasteiger charge is 2.18. The second kappa shape index (κ2) is 7.51. The second-order valence-corrected chi connectivity index (χ2v) is 5.72. The zero-order chi connectivity index (χ0) is 16.9. The number of carbonyl (C=O) groups is 1. The molecule has 1 aromatic carbocycles. The first-order chi connectivity index (χ1) is 11.7. The predicted octanol–water partition coefficient (Wildman–Crippen LogP) is 3.16. The topological polar surface area (TPSA) is 69.7 Å². The molecule has 3 rings (SSSR count). The van der Waals surface area contributed by atoms with Crippen LogP contribution in [0.15, 0.2) is 36.5 Å². The number of nitrogens with zero attached hydrogens (tertiary/aromatic N) is 1. The summed E-state index contributed by atoms with van der Waals surface area (Å²) >= 11 is 5.97. The summed E-state index contributed by atoms with van der Waals surface area (Å²) in [6.07, 6.45) is 2.33. The molecule has 7 heteroatoms. The molecule has 1 amide bonds. The van der Waals surface area contributed by atoms with Crippen LogP contribution in [0.2, 0.25) is 5.02 Å². The monoisotopic (exact) mass is 348 g/mol. The van der Waals surface area contributed by atoms with Crippen molar-refractivity contribution in [3.8, 4) is 11.6 Å². The van der Waals surface area contributed by atoms with Gasteiger partial charge in [0.2, 0.25) is 5.88 Å². The van der Waals surface area contributed by atoms with E-state index in [1.165, 1.54) is 13.3 Å². The molecule has 2 heterocycles. The molecule has 1 aliphatic heterocycles. The van der Waals surface area contributed by atoms with E-state index >= 15 is 0 Å². The Balaban J connectivity index is 1.74. The number of pyridine rings is 1. The zero-order valence-electron chi connectivity index (χ0n) is 13.1. The van der Waals surface area contributed by atoms with Crippen LogP contribution in [-0.2, 0) is 4.74 Å². The molecule has 0 radical (unpaired) electrons. The normalized spacial score (nSPS) is 16.7. The highest BCUT2D eigenvalue weighted by atomic mass is 35.5. The number of hydrogen-bond acceptors (Lipinski definition) is 5. The lowest BCUT2D eigenvalue weighted by Crippen LogP contribution is -2.17. The van der Waals surface area contributed by atoms with Gasteiger partial charge in [-0.3, -0.25) is 4.79 Å². The van der Waals surface area contributed by atoms with E-state index in [9.17, 15) is 4.79 Å². The lowest BCUT2D eigenvalue weighted by Gasteiger charge is -2.13. The standard InChI is InChI=1S/C17H17ClN2O4/c1-22-15-3-2-12(18)9-14(15)20-17(21)11-4-6-19-16(8-11)24-13-5-7-23-10-13/h2-4,6,8-9,13H,5,7,10H2,1H3,(H,20,21). The van der Waals surface area contributed by atoms with E-state index in [-0.39, 0.29) is 12.0 Å². The van der Waals surface area contributed by atoms with Crippen molar-refractivity contribution in [3.05, 3.63) is 47.1 Å². The van der Waals surface area contributed by atoms with Crippen LogP contribution >= 0.6 is 11.6 Å². The molecule has 6 nitrogen and oxygen atoms in total. The fraction of sp³-hybridized carbons (Fsp3) is 0.294. The summed E-state index contributed by atoms with van der Waals surface area (Å²) in [5.41, 5.74) is 0.930. The largest absolute Gasteiger partial charge is 0.495 e. The van der Waals surface area contributed by atoms with E-state index in [2.05, 4.69) is 10.3 Å². The average molecular weight is 349 g/mol. The number of carbonyl (C=O) groups excluding carboxylic acids is 1. The SMILES string of the molecule is COc1ccc(Cl)cc1NC(=O)c1ccnc(OC2CCOC2)c1. The number of halogens is 1. The van der Waals surface area contributed by atoms with Gasteiger partial charge in [-0.1, -0.05) is 11.6 Å². The molecule has 2 aromatic rings. The number of amides is 1. The van der Waals surface area contributed by atoms with E-state index < -0.39 is 0 Å². The fourth-order valence-electron chi connectivity index (χ4n) is 2.36. The van der Waals surface area contributed by atoms with Crippen LogP contribution in [0.25, 0.3) is 0 Å². The number of aromatic nitrogens is 1. The minimum atomic E-state index is -0.300. The van der Waals surface area contributed by atoms with Crippen molar-refractivity contribution in [2.75, 3.05) is 25.6 Å². The number of hydrogen-bond donors (Lipinski definition) is 1. The van der Waals surface area contributed by atoms with E-state index in [0.29, 0.717) is 41.1 Å². The van der Waals surface area contributed by atoms with Crippen LogP contribution in [-0.4, -0.2) is 37.3 Å². The van der Waals surface area contributed by atoms with Crippen LogP contribution in [0.1, 0.15) is 16.8 Å². The van der Waals surface area contributed by atoms with Crippen molar-refractivity contribution in [2.45, 2.75) is 12.5 Å². The third-order valence-electron chi connectivity index (χ3n) is 3.58. The Morgan fingerprint density at radius 3 is 3.00 bits per heavy atom. The molecule has 1 aromatic heterocycles. The number of methoxy groups -OCH3 is 1. The molecule has 1 N–H and O–H groups in total. The van der Waals surface area contributed by atoms with Crippen LogP contribution in [0.4, 0.5) is 5.69 Å². The second-order valence-electron chi connectivity index (χ2n) is 5.28. The lowest BCUT2D eigenvalue weighted by molar-refractivity contribution is 0.102. The first-order valence-electron chi connectivity index (χ1n) is 7.51. The fourth-order valence-corrected chi connectivity index (χ4v) is 2.54. The van der Waals surface area contributed by atoms with E-state index in [1.807, 2.05) is 0 Å². The average Bonchev–Trinajstić information content (AvgIpc) is 3.08. The maximum Gasteiger partial charge on any atom is 0.256 e. The van der Waals surface area contributed by atoms with Crippen LogP contribution in [0.3, 0.4) is 0 Å². The maximum atomic E-state index is 12.5. The van der Waals surface area contributed by atoms with Crippen molar-refractivity contribution >= 4 is 23.2 Å². The Morgan fingerprint density at radius 2 is 2.25 bits per heavy atom. The highest BCUT2D eigenvalue weighted by Crippen LogP contribution is 2.28. The number of rotatable bonds is 5. The quantitative estimate of drug-likeness (QED) is 0.898. The maximum absolute atomic E-state index is 12.5. The molecule has 1 saturated heterocycles. The van der Waals surface area contributed by atoms with Gasteiger partial charge in [-0.2, -0.15) is 0 Å². The van der Waals surface area contributed by atoms with Gasteiger partial charge in [0.15, 0.2) is 0 Å². The lowest BCUT2D eigenvalue weighted by atomic mass is 10.2. The van der Waals surface area contributed by atoms with Crippen LogP contribution < -0.4 is 14.8 Å². The van der Waals surface area contributed by atoms with Crippen molar-refractivity contribution < 1.29 is 19.0 Å². The van der Waals surface area contributed by atoms with Crippen molar-refractivity contribution in [1.29, 1.82) is 0 Å². The van der Waals surface area contributed by atoms with Crippen LogP contribution in [0, 0.1) is 0 Å². The Hall–Kier alpha value is -2.31. The smallest absolute Gasteiger partial charge is 0.256 e. The van der Waals surface area contributed by atoms with Crippen molar-refractivity contribution in [3.63, 3.8) is 0 Å². The zero-order valence-corrected chi connectivity index (χ0v) is 13.9. The molecule has 24 heavy (non-hydrogen) atoms. The number of anilines is 1. The minimum Gasteiger partial charge on any atom is -0.495 e. The van der Waals surface area contributed by atoms with Gasteiger partial charge in [-0.15, -0.1) is 0 Å². The summed E-state index contributed by atoms with van der Waals surface area (Å²) < 4.78 is 16.2. The molecule has 1 unspecified atom stereocenters. The van der Waals surface area contributed by atoms with Gasteiger partial charge in [0.05, 0.1) is 26.0 Å². The number of nitrogens with one attached hydrogen (secondary N) is 1. The molecule has 126 valence electrons. The highest BCUT2D eigenvalue weighted by molar-refractivity contribution is 6.31. The first kappa shape index (κ1) is 16.5. The van der Waals surface area contributed by atoms with E-state index in [4.69, 9.17) is 25.8 Å². The van der Waals surface area contributed by atoms with Gasteiger partial charge in [0.25, 0.3) is 5.91 Å². The Kier molecular flexibility index (Phi) is 5.17. The summed E-state index contributed by atoms with van der Waals surface area (Å²) in [6.45, 7) is 1.22. The Labute approximate surface area is 144 Å². The van der Waals surface area contributed by atoms with Gasteiger partial charge in [0, 0.05) is 29.3 Å². The van der Waals surface area contributed by atoms with Gasteiger partial charge in [-0.25, -0.2) is 4.98 Å². The molecule has 1 atom stereocenters. The summed E-state index contributed by atoms with van der Waals surface area (Å²) in [7, 11) is 1.53. The van der Waals surface area contributed by atoms with Gasteiger partial charge >= 0.3 is 0 Å². The molecule has 0 bridgehead atoms.